The molecule has 0 amide bonds. The van der Waals surface area contributed by atoms with Crippen molar-refractivity contribution >= 4 is 85.0 Å². The van der Waals surface area contributed by atoms with Crippen molar-refractivity contribution in [2.45, 2.75) is 0 Å². The van der Waals surface area contributed by atoms with Gasteiger partial charge in [-0.3, -0.25) is 4.57 Å². The van der Waals surface area contributed by atoms with Crippen LogP contribution in [0.5, 0.6) is 0 Å². The first kappa shape index (κ1) is 35.8. The highest BCUT2D eigenvalue weighted by Gasteiger charge is 2.22. The molecule has 0 aliphatic rings. The van der Waals surface area contributed by atoms with Crippen molar-refractivity contribution in [3.05, 3.63) is 194 Å². The number of para-hydroxylation sites is 1. The zero-order valence-corrected chi connectivity index (χ0v) is 35.1. The second-order valence-electron chi connectivity index (χ2n) is 15.6. The Morgan fingerprint density at radius 2 is 0.984 bits per heavy atom. The summed E-state index contributed by atoms with van der Waals surface area (Å²) in [6, 6.07) is 67.9. The van der Waals surface area contributed by atoms with Crippen molar-refractivity contribution in [3.8, 4) is 62.5 Å². The maximum Gasteiger partial charge on any atom is 0.238 e. The lowest BCUT2D eigenvalue weighted by Gasteiger charge is -2.12. The smallest absolute Gasteiger partial charge is 0.238 e. The van der Waals surface area contributed by atoms with E-state index in [0.717, 1.165) is 87.3 Å². The van der Waals surface area contributed by atoms with Crippen LogP contribution >= 0.6 is 22.7 Å². The molecule has 8 heteroatoms. The van der Waals surface area contributed by atoms with Crippen LogP contribution in [0.25, 0.3) is 125 Å². The molecule has 0 aliphatic carbocycles. The van der Waals surface area contributed by atoms with Crippen LogP contribution < -0.4 is 0 Å². The Labute approximate surface area is 369 Å². The molecule has 6 nitrogen and oxygen atoms in total. The van der Waals surface area contributed by atoms with Crippen LogP contribution in [0, 0.1) is 0 Å². The minimum atomic E-state index is 0.560. The average Bonchev–Trinajstić information content (AvgIpc) is 4.03. The van der Waals surface area contributed by atoms with Crippen LogP contribution in [0.3, 0.4) is 0 Å². The maximum absolute atomic E-state index is 5.38. The molecule has 8 aromatic carbocycles. The molecule has 0 radical (unpaired) electrons. The first-order chi connectivity index (χ1) is 31.2. The van der Waals surface area contributed by atoms with E-state index in [0.29, 0.717) is 23.4 Å². The summed E-state index contributed by atoms with van der Waals surface area (Å²) in [6.07, 6.45) is 0. The van der Waals surface area contributed by atoms with Crippen molar-refractivity contribution < 1.29 is 0 Å². The molecule has 0 atom stereocenters. The monoisotopic (exact) mass is 840 g/mol. The van der Waals surface area contributed by atoms with E-state index in [2.05, 4.69) is 174 Å². The van der Waals surface area contributed by atoms with Gasteiger partial charge in [0.2, 0.25) is 5.95 Å². The summed E-state index contributed by atoms with van der Waals surface area (Å²) in [5.41, 5.74) is 10.1. The molecule has 0 unspecified atom stereocenters. The van der Waals surface area contributed by atoms with Crippen molar-refractivity contribution in [3.63, 3.8) is 0 Å². The van der Waals surface area contributed by atoms with Crippen LogP contribution in [-0.4, -0.2) is 29.5 Å². The summed E-state index contributed by atoms with van der Waals surface area (Å²) < 4.78 is 6.82. The van der Waals surface area contributed by atoms with E-state index >= 15 is 0 Å². The summed E-state index contributed by atoms with van der Waals surface area (Å²) in [5.74, 6) is 2.46. The summed E-state index contributed by atoms with van der Waals surface area (Å²) in [6.45, 7) is 0. The minimum Gasteiger partial charge on any atom is -0.278 e. The van der Waals surface area contributed by atoms with Crippen molar-refractivity contribution in [2.75, 3.05) is 0 Å². The molecule has 0 aliphatic heterocycles. The Bertz CT molecular complexity index is 3910. The summed E-state index contributed by atoms with van der Waals surface area (Å²) in [4.78, 5) is 26.5. The molecule has 13 rings (SSSR count). The standard InChI is InChI=1S/C55H32N6S2/c1-4-15-33(16-5-1)36-27-29-39-38-21-10-12-24-43(38)61(44(39)32-36)55-59-52(35-19-8-3-9-20-35)58-53(60-55)37-28-30-46-42(31-37)48-41(23-14-26-47(48)62-46)54-56-49(34-17-6-2-7-18-34)51-50(57-54)40-22-11-13-25-45(40)63-51/h1-32H. The Hall–Kier alpha value is -7.91. The first-order valence-corrected chi connectivity index (χ1v) is 22.5. The quantitative estimate of drug-likeness (QED) is 0.167. The van der Waals surface area contributed by atoms with Crippen molar-refractivity contribution in [1.82, 2.24) is 29.5 Å². The third kappa shape index (κ3) is 5.87. The van der Waals surface area contributed by atoms with Gasteiger partial charge in [-0.1, -0.05) is 152 Å². The van der Waals surface area contributed by atoms with Gasteiger partial charge >= 0.3 is 0 Å². The highest BCUT2D eigenvalue weighted by Crippen LogP contribution is 2.44. The lowest BCUT2D eigenvalue weighted by Crippen LogP contribution is -2.06. The molecule has 0 spiro atoms. The Balaban J connectivity index is 1.04. The van der Waals surface area contributed by atoms with Gasteiger partial charge in [0.15, 0.2) is 17.5 Å². The second-order valence-corrected chi connectivity index (χ2v) is 17.8. The molecule has 63 heavy (non-hydrogen) atoms. The van der Waals surface area contributed by atoms with E-state index in [4.69, 9.17) is 24.9 Å². The van der Waals surface area contributed by atoms with E-state index in [-0.39, 0.29) is 0 Å². The van der Waals surface area contributed by atoms with Crippen LogP contribution in [0.4, 0.5) is 0 Å². The second kappa shape index (κ2) is 14.3. The third-order valence-electron chi connectivity index (χ3n) is 11.9. The van der Waals surface area contributed by atoms with Crippen LogP contribution in [0.15, 0.2) is 194 Å². The number of benzene rings is 8. The van der Waals surface area contributed by atoms with Gasteiger partial charge in [-0.05, 0) is 53.6 Å². The number of hydrogen-bond donors (Lipinski definition) is 0. The molecule has 0 saturated heterocycles. The highest BCUT2D eigenvalue weighted by molar-refractivity contribution is 7.26. The number of aromatic nitrogens is 6. The topological polar surface area (TPSA) is 69.4 Å². The van der Waals surface area contributed by atoms with Crippen LogP contribution in [0.1, 0.15) is 0 Å². The van der Waals surface area contributed by atoms with E-state index < -0.39 is 0 Å². The molecule has 0 bridgehead atoms. The molecular weight excluding hydrogens is 809 g/mol. The lowest BCUT2D eigenvalue weighted by molar-refractivity contribution is 0.954. The van der Waals surface area contributed by atoms with E-state index in [1.807, 2.05) is 24.3 Å². The number of hydrogen-bond acceptors (Lipinski definition) is 7. The first-order valence-electron chi connectivity index (χ1n) is 20.8. The van der Waals surface area contributed by atoms with E-state index in [1.54, 1.807) is 22.7 Å². The Morgan fingerprint density at radius 1 is 0.349 bits per heavy atom. The fourth-order valence-electron chi connectivity index (χ4n) is 8.96. The zero-order chi connectivity index (χ0) is 41.4. The van der Waals surface area contributed by atoms with E-state index in [9.17, 15) is 0 Å². The summed E-state index contributed by atoms with van der Waals surface area (Å²) in [5, 5.41) is 5.64. The molecule has 294 valence electrons. The zero-order valence-electron chi connectivity index (χ0n) is 33.5. The Kier molecular flexibility index (Phi) is 8.15. The molecular formula is C55H32N6S2. The minimum absolute atomic E-state index is 0.560. The van der Waals surface area contributed by atoms with Gasteiger partial charge in [-0.25, -0.2) is 15.0 Å². The van der Waals surface area contributed by atoms with Gasteiger partial charge in [0, 0.05) is 63.3 Å². The molecule has 5 heterocycles. The van der Waals surface area contributed by atoms with Gasteiger partial charge in [-0.15, -0.1) is 22.7 Å². The van der Waals surface area contributed by atoms with Crippen molar-refractivity contribution in [1.29, 1.82) is 0 Å². The number of thiophene rings is 2. The van der Waals surface area contributed by atoms with Gasteiger partial charge in [0.25, 0.3) is 0 Å². The van der Waals surface area contributed by atoms with Gasteiger partial charge in [0.05, 0.1) is 26.9 Å². The highest BCUT2D eigenvalue weighted by atomic mass is 32.1. The third-order valence-corrected chi connectivity index (χ3v) is 14.2. The lowest BCUT2D eigenvalue weighted by atomic mass is 10.0. The number of nitrogens with zero attached hydrogens (tertiary/aromatic N) is 6. The van der Waals surface area contributed by atoms with Crippen LogP contribution in [0.2, 0.25) is 0 Å². The van der Waals surface area contributed by atoms with Crippen molar-refractivity contribution in [2.24, 2.45) is 0 Å². The summed E-state index contributed by atoms with van der Waals surface area (Å²) in [7, 11) is 0. The van der Waals surface area contributed by atoms with Gasteiger partial charge in [-0.2, -0.15) is 9.97 Å². The molecule has 0 saturated carbocycles. The van der Waals surface area contributed by atoms with Crippen LogP contribution in [-0.2, 0) is 0 Å². The SMILES string of the molecule is c1ccc(-c2ccc3c4ccccc4n(-c4nc(-c5ccccc5)nc(-c5ccc6sc7cccc(-c8nc(-c9ccccc9)c9sc%10ccccc%10c9n8)c7c6c5)n4)c3c2)cc1. The predicted octanol–water partition coefficient (Wildman–Crippen LogP) is 14.8. The summed E-state index contributed by atoms with van der Waals surface area (Å²) >= 11 is 3.53. The fraction of sp³-hybridized carbons (Fsp3) is 0. The number of rotatable bonds is 6. The Morgan fingerprint density at radius 3 is 1.79 bits per heavy atom. The molecule has 0 N–H and O–H groups in total. The average molecular weight is 841 g/mol. The number of fused-ring (bicyclic) bond motifs is 9. The molecule has 13 aromatic rings. The maximum atomic E-state index is 5.38. The van der Waals surface area contributed by atoms with Gasteiger partial charge in [0.1, 0.15) is 0 Å². The molecule has 5 aromatic heterocycles. The largest absolute Gasteiger partial charge is 0.278 e. The predicted molar refractivity (Wildman–Crippen MR) is 263 cm³/mol. The fourth-order valence-corrected chi connectivity index (χ4v) is 11.2. The normalized spacial score (nSPS) is 11.8. The van der Waals surface area contributed by atoms with E-state index in [1.165, 1.54) is 14.1 Å². The van der Waals surface area contributed by atoms with Gasteiger partial charge < -0.3 is 0 Å². The molecule has 0 fully saturated rings.